The molecular weight excluding hydrogens is 330 g/mol. The largest absolute Gasteiger partial charge is 0.289 e. The summed E-state index contributed by atoms with van der Waals surface area (Å²) < 4.78 is 26.9. The van der Waals surface area contributed by atoms with Crippen LogP contribution in [0.1, 0.15) is 21.7 Å². The molecule has 0 saturated carbocycles. The zero-order valence-corrected chi connectivity index (χ0v) is 13.8. The Kier molecular flexibility index (Phi) is 3.82. The van der Waals surface area contributed by atoms with Gasteiger partial charge in [0.1, 0.15) is 11.2 Å². The van der Waals surface area contributed by atoms with Crippen LogP contribution in [0.25, 0.3) is 11.2 Å². The van der Waals surface area contributed by atoms with Gasteiger partial charge in [0, 0.05) is 5.69 Å². The smallest absolute Gasteiger partial charge is 0.285 e. The first-order chi connectivity index (χ1) is 11.3. The van der Waals surface area contributed by atoms with Gasteiger partial charge in [-0.3, -0.25) is 10.2 Å². The molecule has 0 aliphatic carbocycles. The third-order valence-corrected chi connectivity index (χ3v) is 5.37. The average molecular weight is 345 g/mol. The molecule has 3 N–H and O–H groups in total. The van der Waals surface area contributed by atoms with E-state index in [1.54, 1.807) is 37.3 Å². The monoisotopic (exact) mass is 345 g/mol. The molecule has 0 aliphatic heterocycles. The number of carbonyl (C=O) groups is 1. The van der Waals surface area contributed by atoms with Gasteiger partial charge in [0.05, 0.1) is 11.1 Å². The van der Waals surface area contributed by atoms with Gasteiger partial charge in [0.25, 0.3) is 15.9 Å². The summed E-state index contributed by atoms with van der Waals surface area (Å²) >= 11 is 0. The molecule has 2 aromatic heterocycles. The fourth-order valence-electron chi connectivity index (χ4n) is 2.38. The van der Waals surface area contributed by atoms with Crippen molar-refractivity contribution in [1.29, 1.82) is 0 Å². The van der Waals surface area contributed by atoms with Crippen LogP contribution in [0.3, 0.4) is 0 Å². The maximum atomic E-state index is 12.9. The number of nitrogens with zero attached hydrogens (tertiary/aromatic N) is 3. The van der Waals surface area contributed by atoms with Crippen LogP contribution in [0, 0.1) is 13.8 Å². The second-order valence-corrected chi connectivity index (χ2v) is 7.09. The minimum Gasteiger partial charge on any atom is -0.289 e. The topological polar surface area (TPSA) is 120 Å². The Morgan fingerprint density at radius 1 is 1.21 bits per heavy atom. The van der Waals surface area contributed by atoms with Crippen molar-refractivity contribution >= 4 is 27.1 Å². The van der Waals surface area contributed by atoms with Gasteiger partial charge in [0.15, 0.2) is 5.65 Å². The van der Waals surface area contributed by atoms with Gasteiger partial charge in [-0.15, -0.1) is 0 Å². The molecule has 0 unspecified atom stereocenters. The molecule has 0 radical (unpaired) electrons. The van der Waals surface area contributed by atoms with Gasteiger partial charge in [-0.1, -0.05) is 17.7 Å². The van der Waals surface area contributed by atoms with Crippen molar-refractivity contribution in [3.63, 3.8) is 0 Å². The third kappa shape index (κ3) is 2.53. The van der Waals surface area contributed by atoms with Gasteiger partial charge in [-0.05, 0) is 32.0 Å². The zero-order valence-electron chi connectivity index (χ0n) is 13.0. The van der Waals surface area contributed by atoms with Crippen molar-refractivity contribution in [1.82, 2.24) is 19.4 Å². The lowest BCUT2D eigenvalue weighted by Crippen LogP contribution is -2.30. The van der Waals surface area contributed by atoms with E-state index < -0.39 is 15.9 Å². The van der Waals surface area contributed by atoms with Crippen LogP contribution in [0.15, 0.2) is 41.4 Å². The van der Waals surface area contributed by atoms with E-state index in [0.29, 0.717) is 11.2 Å². The van der Waals surface area contributed by atoms with E-state index in [2.05, 4.69) is 9.97 Å². The maximum Gasteiger partial charge on any atom is 0.285 e. The highest BCUT2D eigenvalue weighted by Gasteiger charge is 2.23. The predicted molar refractivity (Wildman–Crippen MR) is 87.7 cm³/mol. The molecule has 0 saturated heterocycles. The van der Waals surface area contributed by atoms with Crippen LogP contribution in [0.2, 0.25) is 0 Å². The molecule has 8 nitrogen and oxygen atoms in total. The molecule has 1 amide bonds. The Labute approximate surface area is 138 Å². The number of nitrogens with one attached hydrogen (secondary N) is 1. The van der Waals surface area contributed by atoms with E-state index in [1.807, 2.05) is 12.3 Å². The molecule has 3 aromatic rings. The highest BCUT2D eigenvalue weighted by Crippen LogP contribution is 2.23. The van der Waals surface area contributed by atoms with Crippen molar-refractivity contribution in [2.24, 2.45) is 5.84 Å². The number of amides is 1. The van der Waals surface area contributed by atoms with E-state index in [9.17, 15) is 13.2 Å². The summed E-state index contributed by atoms with van der Waals surface area (Å²) in [5, 5.41) is 0. The lowest BCUT2D eigenvalue weighted by molar-refractivity contribution is 0.0948. The second kappa shape index (κ2) is 5.69. The van der Waals surface area contributed by atoms with Gasteiger partial charge < -0.3 is 0 Å². The first-order valence-electron chi connectivity index (χ1n) is 7.03. The van der Waals surface area contributed by atoms with Crippen molar-refractivity contribution < 1.29 is 13.2 Å². The number of carbonyl (C=O) groups excluding carboxylic acids is 1. The quantitative estimate of drug-likeness (QED) is 0.413. The summed E-state index contributed by atoms with van der Waals surface area (Å²) in [7, 11) is -3.82. The molecule has 3 rings (SSSR count). The molecule has 0 aliphatic rings. The van der Waals surface area contributed by atoms with Gasteiger partial charge in [-0.2, -0.15) is 0 Å². The normalized spacial score (nSPS) is 11.6. The van der Waals surface area contributed by atoms with Crippen LogP contribution in [0.5, 0.6) is 0 Å². The van der Waals surface area contributed by atoms with E-state index in [1.165, 1.54) is 6.20 Å². The van der Waals surface area contributed by atoms with Crippen molar-refractivity contribution in [2.75, 3.05) is 0 Å². The lowest BCUT2D eigenvalue weighted by atomic mass is 10.2. The average Bonchev–Trinajstić information content (AvgIpc) is 2.89. The van der Waals surface area contributed by atoms with E-state index >= 15 is 0 Å². The standard InChI is InChI=1S/C15H15N5O3S/c1-9-3-5-11(6-4-9)24(22,23)20-10(2)7-12-14(20)17-8-13(18-12)15(21)19-16/h3-8H,16H2,1-2H3,(H,19,21). The third-order valence-electron chi connectivity index (χ3n) is 3.56. The minimum atomic E-state index is -3.82. The number of nitrogens with two attached hydrogens (primary N) is 1. The van der Waals surface area contributed by atoms with E-state index in [4.69, 9.17) is 5.84 Å². The highest BCUT2D eigenvalue weighted by molar-refractivity contribution is 7.90. The fraction of sp³-hybridized carbons (Fsp3) is 0.133. The van der Waals surface area contributed by atoms with Crippen LogP contribution in [-0.4, -0.2) is 28.3 Å². The van der Waals surface area contributed by atoms with E-state index in [-0.39, 0.29) is 16.2 Å². The number of hydrogen-bond donors (Lipinski definition) is 2. The minimum absolute atomic E-state index is 0.00915. The summed E-state index contributed by atoms with van der Waals surface area (Å²) in [6.45, 7) is 3.51. The summed E-state index contributed by atoms with van der Waals surface area (Å²) in [5.74, 6) is 4.47. The summed E-state index contributed by atoms with van der Waals surface area (Å²) in [4.78, 5) is 19.9. The van der Waals surface area contributed by atoms with Gasteiger partial charge in [-0.25, -0.2) is 28.2 Å². The number of rotatable bonds is 3. The Hall–Kier alpha value is -2.78. The highest BCUT2D eigenvalue weighted by atomic mass is 32.2. The molecule has 0 atom stereocenters. The predicted octanol–water partition coefficient (Wildman–Crippen LogP) is 0.889. The number of aromatic nitrogens is 3. The first-order valence-corrected chi connectivity index (χ1v) is 8.47. The molecule has 24 heavy (non-hydrogen) atoms. The fourth-order valence-corrected chi connectivity index (χ4v) is 3.87. The Balaban J connectivity index is 2.21. The summed E-state index contributed by atoms with van der Waals surface area (Å²) in [5.41, 5.74) is 3.82. The molecule has 1 aromatic carbocycles. The van der Waals surface area contributed by atoms with Crippen molar-refractivity contribution in [3.05, 3.63) is 53.5 Å². The van der Waals surface area contributed by atoms with Crippen LogP contribution in [-0.2, 0) is 10.0 Å². The van der Waals surface area contributed by atoms with E-state index in [0.717, 1.165) is 9.54 Å². The maximum absolute atomic E-state index is 12.9. The molecule has 124 valence electrons. The zero-order chi connectivity index (χ0) is 17.5. The lowest BCUT2D eigenvalue weighted by Gasteiger charge is -2.09. The number of nitrogen functional groups attached to an aromatic ring is 1. The van der Waals surface area contributed by atoms with Crippen LogP contribution in [0.4, 0.5) is 0 Å². The SMILES string of the molecule is Cc1ccc(S(=O)(=O)n2c(C)cc3nc(C(=O)NN)cnc32)cc1. The molecule has 2 heterocycles. The van der Waals surface area contributed by atoms with Gasteiger partial charge >= 0.3 is 0 Å². The van der Waals surface area contributed by atoms with Crippen molar-refractivity contribution in [2.45, 2.75) is 18.7 Å². The number of aryl methyl sites for hydroxylation is 2. The Morgan fingerprint density at radius 3 is 2.50 bits per heavy atom. The number of benzene rings is 1. The van der Waals surface area contributed by atoms with Crippen LogP contribution >= 0.6 is 0 Å². The molecule has 0 fully saturated rings. The molecule has 0 bridgehead atoms. The first kappa shape index (κ1) is 16.1. The Morgan fingerprint density at radius 2 is 1.88 bits per heavy atom. The summed E-state index contributed by atoms with van der Waals surface area (Å²) in [6.07, 6.45) is 1.19. The molecule has 0 spiro atoms. The van der Waals surface area contributed by atoms with Crippen LogP contribution < -0.4 is 11.3 Å². The molecule has 9 heteroatoms. The second-order valence-electron chi connectivity index (χ2n) is 5.31. The number of hydrogen-bond acceptors (Lipinski definition) is 6. The number of hydrazine groups is 1. The van der Waals surface area contributed by atoms with Gasteiger partial charge in [0.2, 0.25) is 0 Å². The summed E-state index contributed by atoms with van der Waals surface area (Å²) in [6, 6.07) is 8.09. The Bertz CT molecular complexity index is 1040. The van der Waals surface area contributed by atoms with Crippen molar-refractivity contribution in [3.8, 4) is 0 Å². The number of fused-ring (bicyclic) bond motifs is 1. The molecular formula is C15H15N5O3S.